The van der Waals surface area contributed by atoms with E-state index in [0.717, 1.165) is 57.9 Å². The zero-order chi connectivity index (χ0) is 14.7. The Morgan fingerprint density at radius 3 is 2.81 bits per heavy atom. The van der Waals surface area contributed by atoms with E-state index >= 15 is 0 Å². The van der Waals surface area contributed by atoms with E-state index in [1.54, 1.807) is 0 Å². The summed E-state index contributed by atoms with van der Waals surface area (Å²) in [6.07, 6.45) is 3.40. The summed E-state index contributed by atoms with van der Waals surface area (Å²) in [5.74, 6) is 1.33. The van der Waals surface area contributed by atoms with Gasteiger partial charge in [-0.3, -0.25) is 9.69 Å². The number of rotatable bonds is 4. The molecule has 3 rings (SSSR count). The number of carbonyl (C=O) groups excluding carboxylic acids is 1. The van der Waals surface area contributed by atoms with Gasteiger partial charge >= 0.3 is 0 Å². The fraction of sp³-hybridized carbons (Fsp3) is 0.933. The molecule has 0 aliphatic carbocycles. The number of likely N-dealkylation sites (tertiary alicyclic amines) is 1. The van der Waals surface area contributed by atoms with Crippen LogP contribution in [0, 0.1) is 0 Å². The van der Waals surface area contributed by atoms with Gasteiger partial charge in [0.1, 0.15) is 0 Å². The number of carbonyl (C=O) groups is 1. The first-order valence-electron chi connectivity index (χ1n) is 8.07. The Hall–Kier alpha value is -0.300. The van der Waals surface area contributed by atoms with Crippen LogP contribution in [0.25, 0.3) is 0 Å². The molecule has 6 heteroatoms. The maximum Gasteiger partial charge on any atom is 0.222 e. The molecule has 21 heavy (non-hydrogen) atoms. The average Bonchev–Trinajstić information content (AvgIpc) is 2.85. The van der Waals surface area contributed by atoms with Crippen LogP contribution in [0.1, 0.15) is 25.7 Å². The fourth-order valence-corrected chi connectivity index (χ4v) is 5.14. The highest BCUT2D eigenvalue weighted by atomic mass is 32.2. The van der Waals surface area contributed by atoms with Gasteiger partial charge in [0, 0.05) is 62.9 Å². The molecule has 3 heterocycles. The molecule has 1 unspecified atom stereocenters. The van der Waals surface area contributed by atoms with Gasteiger partial charge in [-0.25, -0.2) is 0 Å². The minimum atomic E-state index is -0.424. The van der Waals surface area contributed by atoms with Gasteiger partial charge in [0.15, 0.2) is 0 Å². The molecule has 0 aromatic carbocycles. The number of β-amino-alcohol motifs (C(OH)–C–C–N with tert-alkyl or cyclic N) is 1. The van der Waals surface area contributed by atoms with Gasteiger partial charge in [-0.05, 0) is 19.3 Å². The minimum absolute atomic E-state index is 0.198. The van der Waals surface area contributed by atoms with Crippen molar-refractivity contribution < 1.29 is 14.6 Å². The van der Waals surface area contributed by atoms with E-state index in [4.69, 9.17) is 4.74 Å². The summed E-state index contributed by atoms with van der Waals surface area (Å²) >= 11 is 2.08. The first kappa shape index (κ1) is 15.6. The van der Waals surface area contributed by atoms with E-state index in [0.29, 0.717) is 24.3 Å². The number of nitrogens with zero attached hydrogens (tertiary/aromatic N) is 2. The van der Waals surface area contributed by atoms with E-state index in [9.17, 15) is 9.90 Å². The van der Waals surface area contributed by atoms with Crippen LogP contribution < -0.4 is 0 Å². The molecule has 1 atom stereocenters. The Labute approximate surface area is 131 Å². The summed E-state index contributed by atoms with van der Waals surface area (Å²) in [6.45, 7) is 5.82. The van der Waals surface area contributed by atoms with E-state index in [1.807, 2.05) is 4.90 Å². The Bertz CT molecular complexity index is 368. The van der Waals surface area contributed by atoms with Gasteiger partial charge in [-0.1, -0.05) is 0 Å². The van der Waals surface area contributed by atoms with Gasteiger partial charge in [-0.15, -0.1) is 0 Å². The van der Waals surface area contributed by atoms with Crippen LogP contribution in [0.3, 0.4) is 0 Å². The van der Waals surface area contributed by atoms with E-state index in [2.05, 4.69) is 16.7 Å². The molecule has 1 spiro atoms. The van der Waals surface area contributed by atoms with Crippen molar-refractivity contribution in [1.29, 1.82) is 0 Å². The number of ether oxygens (including phenoxy) is 1. The molecule has 3 aliphatic rings. The summed E-state index contributed by atoms with van der Waals surface area (Å²) < 4.78 is 5.82. The fourth-order valence-electron chi connectivity index (χ4n) is 3.63. The molecular weight excluding hydrogens is 288 g/mol. The second-order valence-electron chi connectivity index (χ2n) is 6.48. The third kappa shape index (κ3) is 3.92. The topological polar surface area (TPSA) is 53.0 Å². The van der Waals surface area contributed by atoms with Crippen molar-refractivity contribution >= 4 is 17.7 Å². The van der Waals surface area contributed by atoms with Crippen molar-refractivity contribution in [1.82, 2.24) is 9.80 Å². The van der Waals surface area contributed by atoms with Crippen molar-refractivity contribution in [2.24, 2.45) is 0 Å². The van der Waals surface area contributed by atoms with Crippen molar-refractivity contribution in [3.8, 4) is 0 Å². The highest BCUT2D eigenvalue weighted by molar-refractivity contribution is 8.00. The first-order chi connectivity index (χ1) is 10.2. The summed E-state index contributed by atoms with van der Waals surface area (Å²) in [6, 6.07) is 0. The molecule has 1 amide bonds. The van der Waals surface area contributed by atoms with Crippen LogP contribution in [0.4, 0.5) is 0 Å². The highest BCUT2D eigenvalue weighted by Crippen LogP contribution is 2.39. The number of aliphatic hydroxyl groups is 1. The van der Waals surface area contributed by atoms with Gasteiger partial charge < -0.3 is 14.7 Å². The van der Waals surface area contributed by atoms with Crippen molar-refractivity contribution in [2.45, 2.75) is 36.5 Å². The maximum absolute atomic E-state index is 11.6. The predicted octanol–water partition coefficient (Wildman–Crippen LogP) is 0.568. The van der Waals surface area contributed by atoms with Crippen LogP contribution >= 0.6 is 11.8 Å². The zero-order valence-corrected chi connectivity index (χ0v) is 13.4. The van der Waals surface area contributed by atoms with E-state index < -0.39 is 6.10 Å². The largest absolute Gasteiger partial charge is 0.390 e. The van der Waals surface area contributed by atoms with Crippen LogP contribution in [0.2, 0.25) is 0 Å². The average molecular weight is 314 g/mol. The van der Waals surface area contributed by atoms with Gasteiger partial charge in [0.25, 0.3) is 0 Å². The first-order valence-corrected chi connectivity index (χ1v) is 9.05. The van der Waals surface area contributed by atoms with Crippen molar-refractivity contribution in [3.63, 3.8) is 0 Å². The maximum atomic E-state index is 11.6. The lowest BCUT2D eigenvalue weighted by molar-refractivity contribution is -0.129. The number of hydrogen-bond acceptors (Lipinski definition) is 5. The number of thioether (sulfide) groups is 1. The Morgan fingerprint density at radius 2 is 2.10 bits per heavy atom. The number of amides is 1. The second-order valence-corrected chi connectivity index (χ2v) is 8.04. The molecular formula is C15H26N2O3S. The Kier molecular flexibility index (Phi) is 5.09. The Morgan fingerprint density at radius 1 is 1.29 bits per heavy atom. The van der Waals surface area contributed by atoms with E-state index in [-0.39, 0.29) is 5.91 Å². The molecule has 3 aliphatic heterocycles. The van der Waals surface area contributed by atoms with Crippen LogP contribution in [0.15, 0.2) is 0 Å². The SMILES string of the molecule is O=C1CCCN1CC(O)CN1CCSC2(CCOCC2)C1. The molecule has 120 valence electrons. The highest BCUT2D eigenvalue weighted by Gasteiger charge is 2.38. The summed E-state index contributed by atoms with van der Waals surface area (Å²) in [4.78, 5) is 15.8. The quantitative estimate of drug-likeness (QED) is 0.822. The molecule has 0 radical (unpaired) electrons. The number of aliphatic hydroxyl groups excluding tert-OH is 1. The molecule has 0 aromatic rings. The summed E-state index contributed by atoms with van der Waals surface area (Å²) in [5.41, 5.74) is 0. The lowest BCUT2D eigenvalue weighted by atomic mass is 9.97. The van der Waals surface area contributed by atoms with Gasteiger partial charge in [0.2, 0.25) is 5.91 Å². The third-order valence-corrected chi connectivity index (χ3v) is 6.34. The molecule has 3 saturated heterocycles. The molecule has 5 nitrogen and oxygen atoms in total. The standard InChI is InChI=1S/C15H26N2O3S/c18-13(11-17-5-1-2-14(17)19)10-16-6-9-21-15(12-16)3-7-20-8-4-15/h13,18H,1-12H2. The summed E-state index contributed by atoms with van der Waals surface area (Å²) in [5, 5.41) is 10.3. The predicted molar refractivity (Wildman–Crippen MR) is 83.5 cm³/mol. The van der Waals surface area contributed by atoms with Crippen molar-refractivity contribution in [3.05, 3.63) is 0 Å². The third-order valence-electron chi connectivity index (χ3n) is 4.80. The minimum Gasteiger partial charge on any atom is -0.390 e. The molecule has 0 aromatic heterocycles. The molecule has 0 saturated carbocycles. The smallest absolute Gasteiger partial charge is 0.222 e. The number of hydrogen-bond donors (Lipinski definition) is 1. The monoisotopic (exact) mass is 314 g/mol. The van der Waals surface area contributed by atoms with Crippen LogP contribution in [-0.2, 0) is 9.53 Å². The molecule has 3 fully saturated rings. The second kappa shape index (κ2) is 6.86. The van der Waals surface area contributed by atoms with Gasteiger partial charge in [-0.2, -0.15) is 11.8 Å². The molecule has 0 bridgehead atoms. The lowest BCUT2D eigenvalue weighted by Gasteiger charge is -2.45. The van der Waals surface area contributed by atoms with Crippen molar-refractivity contribution in [2.75, 3.05) is 51.7 Å². The normalized spacial score (nSPS) is 28.2. The van der Waals surface area contributed by atoms with Crippen LogP contribution in [-0.4, -0.2) is 83.4 Å². The lowest BCUT2D eigenvalue weighted by Crippen LogP contribution is -2.52. The van der Waals surface area contributed by atoms with Crippen LogP contribution in [0.5, 0.6) is 0 Å². The van der Waals surface area contributed by atoms with E-state index in [1.165, 1.54) is 0 Å². The zero-order valence-electron chi connectivity index (χ0n) is 12.6. The summed E-state index contributed by atoms with van der Waals surface area (Å²) in [7, 11) is 0. The Balaban J connectivity index is 1.48. The molecule has 1 N–H and O–H groups in total. The van der Waals surface area contributed by atoms with Gasteiger partial charge in [0.05, 0.1) is 6.10 Å².